The molecular formula is C22H25N3O2. The Morgan fingerprint density at radius 1 is 0.889 bits per heavy atom. The van der Waals surface area contributed by atoms with Gasteiger partial charge in [-0.05, 0) is 42.7 Å². The van der Waals surface area contributed by atoms with E-state index in [1.807, 2.05) is 59.5 Å². The SMILES string of the molecule is O=C(NCc1ccccc1)c1ccc(N2CCN(C(=O)C3CC3)CC2)cc1. The van der Waals surface area contributed by atoms with E-state index in [0.29, 0.717) is 23.9 Å². The first kappa shape index (κ1) is 17.6. The summed E-state index contributed by atoms with van der Waals surface area (Å²) < 4.78 is 0. The summed E-state index contributed by atoms with van der Waals surface area (Å²) in [5.74, 6) is 0.565. The number of benzene rings is 2. The number of anilines is 1. The van der Waals surface area contributed by atoms with Gasteiger partial charge in [-0.25, -0.2) is 0 Å². The lowest BCUT2D eigenvalue weighted by molar-refractivity contribution is -0.132. The second-order valence-corrected chi connectivity index (χ2v) is 7.30. The molecule has 1 saturated heterocycles. The molecule has 5 heteroatoms. The van der Waals surface area contributed by atoms with Gasteiger partial charge >= 0.3 is 0 Å². The number of nitrogens with one attached hydrogen (secondary N) is 1. The van der Waals surface area contributed by atoms with E-state index in [9.17, 15) is 9.59 Å². The Morgan fingerprint density at radius 3 is 2.19 bits per heavy atom. The second kappa shape index (κ2) is 7.82. The normalized spacial score (nSPS) is 16.9. The fourth-order valence-corrected chi connectivity index (χ4v) is 3.48. The fraction of sp³-hybridized carbons (Fsp3) is 0.364. The van der Waals surface area contributed by atoms with Gasteiger partial charge in [0.05, 0.1) is 0 Å². The highest BCUT2D eigenvalue weighted by atomic mass is 16.2. The maximum atomic E-state index is 12.3. The Balaban J connectivity index is 1.29. The minimum Gasteiger partial charge on any atom is -0.368 e. The van der Waals surface area contributed by atoms with Crippen molar-refractivity contribution >= 4 is 17.5 Å². The van der Waals surface area contributed by atoms with Gasteiger partial charge in [0.1, 0.15) is 0 Å². The molecule has 1 heterocycles. The molecule has 0 bridgehead atoms. The first-order valence-electron chi connectivity index (χ1n) is 9.66. The van der Waals surface area contributed by atoms with Crippen molar-refractivity contribution in [1.82, 2.24) is 10.2 Å². The predicted octanol–water partition coefficient (Wildman–Crippen LogP) is 2.68. The molecule has 2 fully saturated rings. The molecule has 27 heavy (non-hydrogen) atoms. The third-order valence-electron chi connectivity index (χ3n) is 5.31. The van der Waals surface area contributed by atoms with Crippen molar-refractivity contribution in [3.63, 3.8) is 0 Å². The van der Waals surface area contributed by atoms with Gasteiger partial charge in [0.15, 0.2) is 0 Å². The third kappa shape index (κ3) is 4.30. The highest BCUT2D eigenvalue weighted by Crippen LogP contribution is 2.31. The first-order chi connectivity index (χ1) is 13.2. The molecule has 1 aliphatic heterocycles. The third-order valence-corrected chi connectivity index (χ3v) is 5.31. The highest BCUT2D eigenvalue weighted by Gasteiger charge is 2.34. The van der Waals surface area contributed by atoms with Gasteiger partial charge in [0, 0.05) is 49.9 Å². The molecule has 1 aliphatic carbocycles. The number of hydrogen-bond donors (Lipinski definition) is 1. The molecule has 2 aliphatic rings. The topological polar surface area (TPSA) is 52.7 Å². The monoisotopic (exact) mass is 363 g/mol. The van der Waals surface area contributed by atoms with Crippen LogP contribution < -0.4 is 10.2 Å². The summed E-state index contributed by atoms with van der Waals surface area (Å²) in [4.78, 5) is 28.8. The number of nitrogens with zero attached hydrogens (tertiary/aromatic N) is 2. The summed E-state index contributed by atoms with van der Waals surface area (Å²) in [6, 6.07) is 17.6. The summed E-state index contributed by atoms with van der Waals surface area (Å²) in [7, 11) is 0. The summed E-state index contributed by atoms with van der Waals surface area (Å²) >= 11 is 0. The van der Waals surface area contributed by atoms with E-state index in [-0.39, 0.29) is 5.91 Å². The molecule has 0 radical (unpaired) electrons. The van der Waals surface area contributed by atoms with E-state index in [2.05, 4.69) is 10.2 Å². The number of carbonyl (C=O) groups excluding carboxylic acids is 2. The Labute approximate surface area is 160 Å². The number of piperazine rings is 1. The fourth-order valence-electron chi connectivity index (χ4n) is 3.48. The molecule has 0 spiro atoms. The number of rotatable bonds is 5. The van der Waals surface area contributed by atoms with Crippen molar-refractivity contribution < 1.29 is 9.59 Å². The molecule has 2 amide bonds. The van der Waals surface area contributed by atoms with Crippen LogP contribution in [0.25, 0.3) is 0 Å². The molecule has 1 N–H and O–H groups in total. The average molecular weight is 363 g/mol. The molecule has 2 aromatic rings. The summed E-state index contributed by atoms with van der Waals surface area (Å²) in [5.41, 5.74) is 2.85. The van der Waals surface area contributed by atoms with Crippen LogP contribution in [-0.2, 0) is 11.3 Å². The maximum Gasteiger partial charge on any atom is 0.251 e. The van der Waals surface area contributed by atoms with Crippen LogP contribution in [0.3, 0.4) is 0 Å². The molecule has 4 rings (SSSR count). The molecular weight excluding hydrogens is 338 g/mol. The van der Waals surface area contributed by atoms with E-state index >= 15 is 0 Å². The van der Waals surface area contributed by atoms with Crippen molar-refractivity contribution in [2.75, 3.05) is 31.1 Å². The number of hydrogen-bond acceptors (Lipinski definition) is 3. The average Bonchev–Trinajstić information content (AvgIpc) is 3.58. The predicted molar refractivity (Wildman–Crippen MR) is 106 cm³/mol. The molecule has 5 nitrogen and oxygen atoms in total. The van der Waals surface area contributed by atoms with E-state index in [0.717, 1.165) is 50.3 Å². The first-order valence-corrected chi connectivity index (χ1v) is 9.66. The minimum atomic E-state index is -0.0646. The molecule has 1 saturated carbocycles. The number of carbonyl (C=O) groups is 2. The van der Waals surface area contributed by atoms with Crippen LogP contribution in [0.2, 0.25) is 0 Å². The van der Waals surface area contributed by atoms with Crippen LogP contribution in [-0.4, -0.2) is 42.9 Å². The molecule has 2 aromatic carbocycles. The van der Waals surface area contributed by atoms with E-state index < -0.39 is 0 Å². The van der Waals surface area contributed by atoms with Crippen LogP contribution in [0.5, 0.6) is 0 Å². The summed E-state index contributed by atoms with van der Waals surface area (Å²) in [5, 5.41) is 2.95. The lowest BCUT2D eigenvalue weighted by Crippen LogP contribution is -2.49. The zero-order valence-corrected chi connectivity index (χ0v) is 15.4. The largest absolute Gasteiger partial charge is 0.368 e. The lowest BCUT2D eigenvalue weighted by Gasteiger charge is -2.36. The highest BCUT2D eigenvalue weighted by molar-refractivity contribution is 5.94. The molecule has 0 atom stereocenters. The second-order valence-electron chi connectivity index (χ2n) is 7.30. The Morgan fingerprint density at radius 2 is 1.56 bits per heavy atom. The molecule has 140 valence electrons. The van der Waals surface area contributed by atoms with Crippen molar-refractivity contribution in [3.05, 3.63) is 65.7 Å². The smallest absolute Gasteiger partial charge is 0.251 e. The van der Waals surface area contributed by atoms with E-state index in [1.54, 1.807) is 0 Å². The quantitative estimate of drug-likeness (QED) is 0.889. The van der Waals surface area contributed by atoms with Crippen molar-refractivity contribution in [1.29, 1.82) is 0 Å². The van der Waals surface area contributed by atoms with E-state index in [4.69, 9.17) is 0 Å². The maximum absolute atomic E-state index is 12.3. The zero-order chi connectivity index (χ0) is 18.6. The Hall–Kier alpha value is -2.82. The van der Waals surface area contributed by atoms with Gasteiger partial charge in [0.2, 0.25) is 5.91 Å². The standard InChI is InChI=1S/C22H25N3O2/c26-21(23-16-17-4-2-1-3-5-17)18-8-10-20(11-9-18)24-12-14-25(15-13-24)22(27)19-6-7-19/h1-5,8-11,19H,6-7,12-16H2,(H,23,26). The molecule has 0 unspecified atom stereocenters. The Kier molecular flexibility index (Phi) is 5.10. The van der Waals surface area contributed by atoms with Crippen LogP contribution in [0.1, 0.15) is 28.8 Å². The van der Waals surface area contributed by atoms with Gasteiger partial charge in [-0.15, -0.1) is 0 Å². The summed E-state index contributed by atoms with van der Waals surface area (Å²) in [6.07, 6.45) is 2.12. The minimum absolute atomic E-state index is 0.0646. The van der Waals surface area contributed by atoms with Gasteiger partial charge in [-0.1, -0.05) is 30.3 Å². The number of amides is 2. The van der Waals surface area contributed by atoms with Crippen molar-refractivity contribution in [2.45, 2.75) is 19.4 Å². The van der Waals surface area contributed by atoms with Gasteiger partial charge in [-0.3, -0.25) is 9.59 Å². The van der Waals surface area contributed by atoms with Crippen molar-refractivity contribution in [3.8, 4) is 0 Å². The van der Waals surface area contributed by atoms with E-state index in [1.165, 1.54) is 0 Å². The van der Waals surface area contributed by atoms with Crippen LogP contribution in [0.4, 0.5) is 5.69 Å². The van der Waals surface area contributed by atoms with Gasteiger partial charge in [0.25, 0.3) is 5.91 Å². The van der Waals surface area contributed by atoms with Crippen LogP contribution in [0.15, 0.2) is 54.6 Å². The van der Waals surface area contributed by atoms with Crippen LogP contribution in [0, 0.1) is 5.92 Å². The van der Waals surface area contributed by atoms with Crippen molar-refractivity contribution in [2.24, 2.45) is 5.92 Å². The molecule has 0 aromatic heterocycles. The Bertz CT molecular complexity index is 792. The lowest BCUT2D eigenvalue weighted by atomic mass is 10.1. The summed E-state index contributed by atoms with van der Waals surface area (Å²) in [6.45, 7) is 3.79. The van der Waals surface area contributed by atoms with Gasteiger partial charge < -0.3 is 15.1 Å². The zero-order valence-electron chi connectivity index (χ0n) is 15.4. The van der Waals surface area contributed by atoms with Gasteiger partial charge in [-0.2, -0.15) is 0 Å². The van der Waals surface area contributed by atoms with Crippen LogP contribution >= 0.6 is 0 Å².